The van der Waals surface area contributed by atoms with E-state index in [0.29, 0.717) is 25.7 Å². The van der Waals surface area contributed by atoms with Gasteiger partial charge in [0.1, 0.15) is 12.1 Å². The van der Waals surface area contributed by atoms with Gasteiger partial charge in [0.05, 0.1) is 13.2 Å². The van der Waals surface area contributed by atoms with Crippen LogP contribution in [-0.4, -0.2) is 51.5 Å². The van der Waals surface area contributed by atoms with Crippen LogP contribution >= 0.6 is 11.6 Å². The number of hydrogen-bond acceptors (Lipinski definition) is 6. The molecular weight excluding hydrogens is 656 g/mol. The Morgan fingerprint density at radius 1 is 1.10 bits per heavy atom. The number of amides is 2. The monoisotopic (exact) mass is 710 g/mol. The number of halogens is 1. The molecule has 268 valence electrons. The van der Waals surface area contributed by atoms with Crippen molar-refractivity contribution in [3.8, 4) is 0 Å². The average Bonchev–Trinajstić information content (AvgIpc) is 3.03. The highest BCUT2D eigenvalue weighted by Gasteiger charge is 2.38. The molecule has 2 N–H and O–H groups in total. The molecule has 2 rings (SSSR count). The lowest BCUT2D eigenvalue weighted by Crippen LogP contribution is -2.46. The predicted molar refractivity (Wildman–Crippen MR) is 201 cm³/mol. The lowest BCUT2D eigenvalue weighted by atomic mass is 9.97. The van der Waals surface area contributed by atoms with E-state index >= 15 is 0 Å². The van der Waals surface area contributed by atoms with E-state index < -0.39 is 20.3 Å². The summed E-state index contributed by atoms with van der Waals surface area (Å²) in [5.41, 5.74) is 1.88. The van der Waals surface area contributed by atoms with Crippen molar-refractivity contribution in [2.45, 2.75) is 104 Å². The van der Waals surface area contributed by atoms with Gasteiger partial charge < -0.3 is 24.5 Å². The molecule has 0 spiro atoms. The first-order valence-corrected chi connectivity index (χ1v) is 20.1. The molecule has 0 aliphatic carbocycles. The van der Waals surface area contributed by atoms with Crippen LogP contribution in [0, 0.1) is 5.92 Å². The fourth-order valence-corrected chi connectivity index (χ4v) is 6.26. The molecule has 1 heterocycles. The van der Waals surface area contributed by atoms with Crippen LogP contribution in [0.5, 0.6) is 0 Å². The molecule has 10 heteroatoms. The number of carbonyl (C=O) groups is 3. The highest BCUT2D eigenvalue weighted by Crippen LogP contribution is 2.38. The summed E-state index contributed by atoms with van der Waals surface area (Å²) in [4.78, 5) is 38.2. The van der Waals surface area contributed by atoms with E-state index in [9.17, 15) is 14.4 Å². The minimum atomic E-state index is -2.02. The molecule has 0 bridgehead atoms. The molecule has 1 aromatic carbocycles. The molecule has 1 aliphatic rings. The van der Waals surface area contributed by atoms with E-state index in [2.05, 4.69) is 44.5 Å². The summed E-state index contributed by atoms with van der Waals surface area (Å²) in [7, 11) is -0.572. The van der Waals surface area contributed by atoms with Gasteiger partial charge in [0.2, 0.25) is 11.8 Å². The zero-order chi connectivity index (χ0) is 36.6. The normalized spacial score (nSPS) is 18.3. The van der Waals surface area contributed by atoms with E-state index in [1.165, 1.54) is 13.2 Å². The Morgan fingerprint density at radius 2 is 1.78 bits per heavy atom. The summed E-state index contributed by atoms with van der Waals surface area (Å²) >= 11 is 6.12. The Hall–Kier alpha value is -3.66. The molecular formula is C39H55ClN2O6Si. The Labute approximate surface area is 299 Å². The fourth-order valence-electron chi connectivity index (χ4n) is 4.79. The van der Waals surface area contributed by atoms with E-state index in [4.69, 9.17) is 25.5 Å². The number of ether oxygens (including phenoxy) is 2. The number of rotatable bonds is 17. The summed E-state index contributed by atoms with van der Waals surface area (Å²) in [6.45, 7) is 16.8. The number of carbonyl (C=O) groups excluding carboxylic acids is 3. The number of methoxy groups -OCH3 is 1. The fraction of sp³-hybridized carbons (Fsp3) is 0.462. The molecule has 0 unspecified atom stereocenters. The predicted octanol–water partition coefficient (Wildman–Crippen LogP) is 8.20. The van der Waals surface area contributed by atoms with Gasteiger partial charge in [0, 0.05) is 29.9 Å². The molecule has 0 fully saturated rings. The molecule has 49 heavy (non-hydrogen) atoms. The molecule has 0 saturated heterocycles. The third kappa shape index (κ3) is 15.2. The van der Waals surface area contributed by atoms with E-state index in [-0.39, 0.29) is 40.7 Å². The highest BCUT2D eigenvalue weighted by molar-refractivity contribution is 6.74. The Kier molecular flexibility index (Phi) is 17.0. The van der Waals surface area contributed by atoms with Crippen molar-refractivity contribution in [1.29, 1.82) is 0 Å². The number of esters is 1. The average molecular weight is 711 g/mol. The smallest absolute Gasteiger partial charge is 0.373 e. The number of nitrogens with one attached hydrogen (secondary N) is 2. The lowest BCUT2D eigenvalue weighted by molar-refractivity contribution is -0.151. The first-order chi connectivity index (χ1) is 23.0. The second-order valence-electron chi connectivity index (χ2n) is 13.9. The third-order valence-electron chi connectivity index (χ3n) is 8.63. The van der Waals surface area contributed by atoms with Gasteiger partial charge in [0.25, 0.3) is 0 Å². The van der Waals surface area contributed by atoms with Crippen LogP contribution in [0.2, 0.25) is 18.1 Å². The minimum absolute atomic E-state index is 0.0101. The van der Waals surface area contributed by atoms with Gasteiger partial charge in [-0.25, -0.2) is 4.79 Å². The maximum absolute atomic E-state index is 13.3. The first-order valence-electron chi connectivity index (χ1n) is 16.8. The second-order valence-corrected chi connectivity index (χ2v) is 19.2. The van der Waals surface area contributed by atoms with Crippen molar-refractivity contribution in [2.24, 2.45) is 5.92 Å². The molecule has 8 nitrogen and oxygen atoms in total. The van der Waals surface area contributed by atoms with Crippen molar-refractivity contribution >= 4 is 37.7 Å². The molecule has 4 atom stereocenters. The van der Waals surface area contributed by atoms with Gasteiger partial charge in [-0.3, -0.25) is 9.59 Å². The molecule has 0 saturated carbocycles. The van der Waals surface area contributed by atoms with Crippen LogP contribution in [0.4, 0.5) is 0 Å². The Balaban J connectivity index is 2.04. The maximum atomic E-state index is 13.3. The van der Waals surface area contributed by atoms with Crippen molar-refractivity contribution < 1.29 is 28.3 Å². The summed E-state index contributed by atoms with van der Waals surface area (Å²) in [6, 6.07) is 8.77. The molecule has 1 aromatic rings. The van der Waals surface area contributed by atoms with Crippen molar-refractivity contribution in [2.75, 3.05) is 7.11 Å². The van der Waals surface area contributed by atoms with Gasteiger partial charge >= 0.3 is 5.97 Å². The standard InChI is InChI=1S/C39H55ClN2O6Si/c1-28(26-29(2)34-23-24-35(46-7)38(45)47-34)16-13-14-20-36(43)42-33(27-31-17-11-10-12-18-31)37(44)41-25-15-19-32(22-21-30(3)40)48-49(8,9)39(4,5)6/h10-18,20-21,24-26,29,32-34H,19,22-23,27H2,1-9H3,(H,41,44)(H,42,43)/b16-13-,20-14-,25-15-,28-26+,30-21+/t29-,32+,33-,34-/m0/s1. The SMILES string of the molecule is COC1=CC[C@@H]([C@@H](C)/C=C(C)/C=C\C=C/C(=O)N[C@@H](Cc2ccccc2)C(=O)N/C=C\C[C@H](C/C=C(\C)Cl)O[Si](C)(C)C(C)(C)C)OC1=O. The van der Waals surface area contributed by atoms with Crippen LogP contribution in [0.25, 0.3) is 0 Å². The Morgan fingerprint density at radius 3 is 2.39 bits per heavy atom. The summed E-state index contributed by atoms with van der Waals surface area (Å²) < 4.78 is 17.1. The zero-order valence-electron chi connectivity index (χ0n) is 30.5. The topological polar surface area (TPSA) is 103 Å². The van der Waals surface area contributed by atoms with Crippen LogP contribution in [0.1, 0.15) is 66.4 Å². The number of allylic oxidation sites excluding steroid dienone is 5. The molecule has 1 aliphatic heterocycles. The second kappa shape index (κ2) is 20.1. The summed E-state index contributed by atoms with van der Waals surface area (Å²) in [5, 5.41) is 6.47. The van der Waals surface area contributed by atoms with Crippen LogP contribution in [0.3, 0.4) is 0 Å². The van der Waals surface area contributed by atoms with Crippen molar-refractivity contribution in [1.82, 2.24) is 10.6 Å². The van der Waals surface area contributed by atoms with Gasteiger partial charge in [-0.05, 0) is 62.7 Å². The maximum Gasteiger partial charge on any atom is 0.373 e. The Bertz CT molecular complexity index is 1430. The third-order valence-corrected chi connectivity index (χ3v) is 13.3. The minimum Gasteiger partial charge on any atom is -0.490 e. The molecule has 2 amide bonds. The van der Waals surface area contributed by atoms with Crippen molar-refractivity contribution in [3.63, 3.8) is 0 Å². The van der Waals surface area contributed by atoms with Crippen LogP contribution < -0.4 is 10.6 Å². The zero-order valence-corrected chi connectivity index (χ0v) is 32.3. The molecule has 0 aromatic heterocycles. The van der Waals surface area contributed by atoms with Crippen LogP contribution in [0.15, 0.2) is 102 Å². The quantitative estimate of drug-likeness (QED) is 0.0732. The highest BCUT2D eigenvalue weighted by atomic mass is 35.5. The first kappa shape index (κ1) is 41.5. The lowest BCUT2D eigenvalue weighted by Gasteiger charge is -2.39. The van der Waals surface area contributed by atoms with Gasteiger partial charge in [-0.2, -0.15) is 0 Å². The summed E-state index contributed by atoms with van der Waals surface area (Å²) in [6.07, 6.45) is 17.7. The number of hydrogen-bond donors (Lipinski definition) is 2. The van der Waals surface area contributed by atoms with Gasteiger partial charge in [-0.1, -0.05) is 112 Å². The van der Waals surface area contributed by atoms with Gasteiger partial charge in [-0.15, -0.1) is 0 Å². The number of benzene rings is 1. The number of cyclic esters (lactones) is 1. The van der Waals surface area contributed by atoms with Gasteiger partial charge in [0.15, 0.2) is 14.1 Å². The van der Waals surface area contributed by atoms with Crippen molar-refractivity contribution in [3.05, 3.63) is 107 Å². The largest absolute Gasteiger partial charge is 0.490 e. The van der Waals surface area contributed by atoms with Crippen LogP contribution in [-0.2, 0) is 34.7 Å². The van der Waals surface area contributed by atoms with E-state index in [1.54, 1.807) is 24.4 Å². The van der Waals surface area contributed by atoms with E-state index in [0.717, 1.165) is 16.2 Å². The summed E-state index contributed by atoms with van der Waals surface area (Å²) in [5.74, 6) is -0.943. The molecule has 0 radical (unpaired) electrons. The van der Waals surface area contributed by atoms with E-state index in [1.807, 2.05) is 75.4 Å².